The van der Waals surface area contributed by atoms with Gasteiger partial charge in [0.2, 0.25) is 0 Å². The molecule has 0 aromatic carbocycles. The zero-order valence-corrected chi connectivity index (χ0v) is 16.0. The first-order valence-electron chi connectivity index (χ1n) is 7.82. The highest BCUT2D eigenvalue weighted by Gasteiger charge is 1.93. The molecule has 0 aromatic rings. The number of allylic oxidation sites excluding steroid dienone is 11. The minimum atomic E-state index is -0.542. The van der Waals surface area contributed by atoms with E-state index in [-0.39, 0.29) is 0 Å². The van der Waals surface area contributed by atoms with E-state index < -0.39 is 6.67 Å². The van der Waals surface area contributed by atoms with Crippen molar-refractivity contribution >= 4 is 0 Å². The Kier molecular flexibility index (Phi) is 19.2. The number of halogens is 1. The third kappa shape index (κ3) is 17.5. The van der Waals surface area contributed by atoms with Gasteiger partial charge in [-0.05, 0) is 35.6 Å². The van der Waals surface area contributed by atoms with Gasteiger partial charge in [0.25, 0.3) is 0 Å². The molecule has 0 bridgehead atoms. The summed E-state index contributed by atoms with van der Waals surface area (Å²) in [6.45, 7) is 35.2. The predicted octanol–water partition coefficient (Wildman–Crippen LogP) is 7.81. The second-order valence-electron chi connectivity index (χ2n) is 5.04. The molecule has 0 atom stereocenters. The Morgan fingerprint density at radius 1 is 0.800 bits per heavy atom. The third-order valence-corrected chi connectivity index (χ3v) is 2.82. The fourth-order valence-corrected chi connectivity index (χ4v) is 1.02. The smallest absolute Gasteiger partial charge is 0.114 e. The summed E-state index contributed by atoms with van der Waals surface area (Å²) in [4.78, 5) is 0. The molecular formula is C24H33F. The number of rotatable bonds is 9. The van der Waals surface area contributed by atoms with Gasteiger partial charge >= 0.3 is 0 Å². The average Bonchev–Trinajstić information content (AvgIpc) is 2.64. The number of alkyl halides is 1. The van der Waals surface area contributed by atoms with Gasteiger partial charge in [0.15, 0.2) is 0 Å². The molecule has 0 saturated heterocycles. The molecule has 0 heterocycles. The molecule has 0 aliphatic heterocycles. The molecule has 0 saturated carbocycles. The fraction of sp³-hybridized carbons (Fsp3) is 0.167. The van der Waals surface area contributed by atoms with Crippen LogP contribution < -0.4 is 0 Å². The molecule has 0 unspecified atom stereocenters. The van der Waals surface area contributed by atoms with Crippen molar-refractivity contribution < 1.29 is 4.39 Å². The van der Waals surface area contributed by atoms with Gasteiger partial charge in [-0.15, -0.1) is 13.2 Å². The largest absolute Gasteiger partial charge is 0.246 e. The van der Waals surface area contributed by atoms with Crippen LogP contribution in [0.4, 0.5) is 4.39 Å². The minimum Gasteiger partial charge on any atom is -0.246 e. The molecule has 0 spiro atoms. The van der Waals surface area contributed by atoms with Gasteiger partial charge in [-0.1, -0.05) is 94.5 Å². The molecule has 0 rings (SSSR count). The van der Waals surface area contributed by atoms with E-state index in [1.807, 2.05) is 19.1 Å². The summed E-state index contributed by atoms with van der Waals surface area (Å²) in [5.74, 6) is 0. The molecule has 0 N–H and O–H groups in total. The van der Waals surface area contributed by atoms with Gasteiger partial charge in [-0.2, -0.15) is 0 Å². The Morgan fingerprint density at radius 2 is 1.28 bits per heavy atom. The summed E-state index contributed by atoms with van der Waals surface area (Å²) in [5.41, 5.74) is 4.79. The quantitative estimate of drug-likeness (QED) is 0.296. The minimum absolute atomic E-state index is 0.419. The third-order valence-electron chi connectivity index (χ3n) is 2.82. The van der Waals surface area contributed by atoms with Crippen LogP contribution in [0.2, 0.25) is 0 Å². The van der Waals surface area contributed by atoms with Crippen molar-refractivity contribution in [1.82, 2.24) is 0 Å². The first-order valence-corrected chi connectivity index (χ1v) is 7.82. The Labute approximate surface area is 154 Å². The van der Waals surface area contributed by atoms with Gasteiger partial charge in [0.05, 0.1) is 0 Å². The van der Waals surface area contributed by atoms with Crippen molar-refractivity contribution in [1.29, 1.82) is 0 Å². The lowest BCUT2D eigenvalue weighted by Gasteiger charge is -1.97. The summed E-state index contributed by atoms with van der Waals surface area (Å²) in [5, 5.41) is 0. The lowest BCUT2D eigenvalue weighted by Crippen LogP contribution is -1.84. The van der Waals surface area contributed by atoms with E-state index >= 15 is 0 Å². The van der Waals surface area contributed by atoms with Crippen LogP contribution in [0.5, 0.6) is 0 Å². The van der Waals surface area contributed by atoms with Gasteiger partial charge in [-0.3, -0.25) is 0 Å². The molecule has 0 amide bonds. The van der Waals surface area contributed by atoms with Crippen LogP contribution >= 0.6 is 0 Å². The molecule has 0 aliphatic rings. The summed E-state index contributed by atoms with van der Waals surface area (Å²) in [6, 6.07) is 0. The van der Waals surface area contributed by atoms with E-state index in [1.165, 1.54) is 0 Å². The van der Waals surface area contributed by atoms with Crippen molar-refractivity contribution in [2.75, 3.05) is 6.67 Å². The van der Waals surface area contributed by atoms with Gasteiger partial charge in [0.1, 0.15) is 6.67 Å². The highest BCUT2D eigenvalue weighted by molar-refractivity contribution is 5.43. The summed E-state index contributed by atoms with van der Waals surface area (Å²) >= 11 is 0. The lowest BCUT2D eigenvalue weighted by atomic mass is 10.1. The second kappa shape index (κ2) is 17.7. The maximum absolute atomic E-state index is 11.9. The van der Waals surface area contributed by atoms with Gasteiger partial charge in [-0.25, -0.2) is 4.39 Å². The van der Waals surface area contributed by atoms with Crippen LogP contribution in [0.1, 0.15) is 20.3 Å². The van der Waals surface area contributed by atoms with E-state index in [9.17, 15) is 4.39 Å². The highest BCUT2D eigenvalue weighted by atomic mass is 19.1. The van der Waals surface area contributed by atoms with Gasteiger partial charge in [0, 0.05) is 0 Å². The Balaban J connectivity index is -0.000000353. The molecule has 0 aliphatic carbocycles. The normalized spacial score (nSPS) is 9.24. The maximum Gasteiger partial charge on any atom is 0.114 e. The monoisotopic (exact) mass is 340 g/mol. The van der Waals surface area contributed by atoms with Crippen LogP contribution in [0.15, 0.2) is 123 Å². The van der Waals surface area contributed by atoms with Crippen molar-refractivity contribution in [2.45, 2.75) is 20.3 Å². The van der Waals surface area contributed by atoms with E-state index in [2.05, 4.69) is 66.1 Å². The molecular weight excluding hydrogens is 307 g/mol. The first kappa shape index (κ1) is 27.2. The van der Waals surface area contributed by atoms with E-state index in [0.717, 1.165) is 28.7 Å². The zero-order valence-electron chi connectivity index (χ0n) is 16.0. The molecule has 0 aromatic heterocycles. The van der Waals surface area contributed by atoms with Gasteiger partial charge < -0.3 is 0 Å². The maximum atomic E-state index is 11.9. The van der Waals surface area contributed by atoms with E-state index in [0.29, 0.717) is 11.1 Å². The molecule has 1 heteroatoms. The molecule has 0 radical (unpaired) electrons. The SMILES string of the molecule is C=C.C=C(C)/C=C\C(=C)C(=C)CF.C=CC(=C)C(=C)/C=C\C(=C)CC. The Hall–Kier alpha value is -2.67. The summed E-state index contributed by atoms with van der Waals surface area (Å²) < 4.78 is 11.9. The first-order chi connectivity index (χ1) is 11.7. The van der Waals surface area contributed by atoms with Crippen LogP contribution in [0.3, 0.4) is 0 Å². The predicted molar refractivity (Wildman–Crippen MR) is 117 cm³/mol. The Morgan fingerprint density at radius 3 is 1.64 bits per heavy atom. The topological polar surface area (TPSA) is 0 Å². The summed E-state index contributed by atoms with van der Waals surface area (Å²) in [6.07, 6.45) is 10.0. The van der Waals surface area contributed by atoms with Crippen LogP contribution in [-0.2, 0) is 0 Å². The van der Waals surface area contributed by atoms with Crippen LogP contribution in [-0.4, -0.2) is 6.67 Å². The highest BCUT2D eigenvalue weighted by Crippen LogP contribution is 2.09. The van der Waals surface area contributed by atoms with E-state index in [4.69, 9.17) is 0 Å². The van der Waals surface area contributed by atoms with Crippen molar-refractivity contribution in [3.63, 3.8) is 0 Å². The van der Waals surface area contributed by atoms with E-state index in [1.54, 1.807) is 18.2 Å². The van der Waals surface area contributed by atoms with Crippen LogP contribution in [0, 0.1) is 0 Å². The van der Waals surface area contributed by atoms with Crippen molar-refractivity contribution in [3.8, 4) is 0 Å². The van der Waals surface area contributed by atoms with Crippen molar-refractivity contribution in [2.24, 2.45) is 0 Å². The summed E-state index contributed by atoms with van der Waals surface area (Å²) in [7, 11) is 0. The van der Waals surface area contributed by atoms with Crippen LogP contribution in [0.25, 0.3) is 0 Å². The molecule has 0 fully saturated rings. The number of hydrogen-bond acceptors (Lipinski definition) is 0. The fourth-order valence-electron chi connectivity index (χ4n) is 1.02. The van der Waals surface area contributed by atoms with Crippen molar-refractivity contribution in [3.05, 3.63) is 123 Å². The average molecular weight is 341 g/mol. The molecule has 136 valence electrons. The second-order valence-corrected chi connectivity index (χ2v) is 5.04. The lowest BCUT2D eigenvalue weighted by molar-refractivity contribution is 0.548. The standard InChI is InChI=1S/C12H16.C10H13F.C2H4/c1-6-10(3)8-9-12(5)11(4)7-2;1-8(2)5-6-9(3)10(4)7-11;1-2/h7-9H,2-6H2,1H3;5-6H,1,3-4,7H2,2H3;1-2H2/b9-8-;6-5-;. The zero-order chi connectivity index (χ0) is 20.4. The molecule has 25 heavy (non-hydrogen) atoms. The number of hydrogen-bond donors (Lipinski definition) is 0. The molecule has 0 nitrogen and oxygen atoms in total. The Bertz CT molecular complexity index is 565.